The second-order valence-corrected chi connectivity index (χ2v) is 5.05. The quantitative estimate of drug-likeness (QED) is 0.330. The van der Waals surface area contributed by atoms with Crippen molar-refractivity contribution >= 4 is 29.9 Å². The van der Waals surface area contributed by atoms with Gasteiger partial charge in [-0.1, -0.05) is 6.07 Å². The molecule has 132 valence electrons. The molecule has 7 heteroatoms. The van der Waals surface area contributed by atoms with Crippen molar-refractivity contribution < 1.29 is 14.6 Å². The first-order chi connectivity index (χ1) is 10.6. The Hall–Kier alpha value is -1.22. The van der Waals surface area contributed by atoms with Crippen molar-refractivity contribution in [1.82, 2.24) is 10.6 Å². The molecule has 0 aromatic heterocycles. The lowest BCUT2D eigenvalue weighted by molar-refractivity contribution is 0.196. The molecule has 0 spiro atoms. The van der Waals surface area contributed by atoms with Crippen molar-refractivity contribution in [2.75, 3.05) is 26.9 Å². The lowest BCUT2D eigenvalue weighted by Gasteiger charge is -2.14. The Morgan fingerprint density at radius 1 is 1.30 bits per heavy atom. The van der Waals surface area contributed by atoms with E-state index in [0.29, 0.717) is 24.1 Å². The van der Waals surface area contributed by atoms with Gasteiger partial charge in [-0.05, 0) is 38.5 Å². The molecular weight excluding hydrogens is 409 g/mol. The first kappa shape index (κ1) is 21.8. The number of ether oxygens (including phenoxy) is 2. The van der Waals surface area contributed by atoms with Crippen LogP contribution in [0, 0.1) is 0 Å². The standard InChI is InChI=1S/C16H27N3O3.HI/c1-5-17-16(19-12(2)3)18-11-13-6-7-14(22-9-8-20)15(10-13)21-4;/h6-7,10,12,20H,5,8-9,11H2,1-4H3,(H2,17,18,19);1H. The summed E-state index contributed by atoms with van der Waals surface area (Å²) in [7, 11) is 1.60. The van der Waals surface area contributed by atoms with Gasteiger partial charge in [0.25, 0.3) is 0 Å². The Morgan fingerprint density at radius 3 is 2.61 bits per heavy atom. The summed E-state index contributed by atoms with van der Waals surface area (Å²) in [4.78, 5) is 4.55. The number of rotatable bonds is 8. The number of hydrogen-bond acceptors (Lipinski definition) is 4. The molecule has 6 nitrogen and oxygen atoms in total. The minimum Gasteiger partial charge on any atom is -0.493 e. The number of nitrogens with one attached hydrogen (secondary N) is 2. The SMILES string of the molecule is CCNC(=NCc1ccc(OCCO)c(OC)c1)NC(C)C.I. The van der Waals surface area contributed by atoms with Crippen molar-refractivity contribution in [3.8, 4) is 11.5 Å². The fourth-order valence-corrected chi connectivity index (χ4v) is 1.85. The number of halogens is 1. The van der Waals surface area contributed by atoms with Gasteiger partial charge < -0.3 is 25.2 Å². The maximum Gasteiger partial charge on any atom is 0.191 e. The monoisotopic (exact) mass is 437 g/mol. The average Bonchev–Trinajstić information content (AvgIpc) is 2.50. The number of aliphatic imine (C=N–C) groups is 1. The third-order valence-electron chi connectivity index (χ3n) is 2.77. The Bertz CT molecular complexity index is 482. The van der Waals surface area contributed by atoms with Crippen LogP contribution in [-0.2, 0) is 6.54 Å². The number of hydrogen-bond donors (Lipinski definition) is 3. The molecule has 0 bridgehead atoms. The molecule has 0 unspecified atom stereocenters. The maximum atomic E-state index is 8.82. The fraction of sp³-hybridized carbons (Fsp3) is 0.562. The largest absolute Gasteiger partial charge is 0.493 e. The van der Waals surface area contributed by atoms with Gasteiger partial charge in [0, 0.05) is 12.6 Å². The average molecular weight is 437 g/mol. The van der Waals surface area contributed by atoms with Crippen molar-refractivity contribution in [2.45, 2.75) is 33.4 Å². The molecule has 0 saturated heterocycles. The minimum absolute atomic E-state index is 0. The van der Waals surface area contributed by atoms with E-state index in [1.54, 1.807) is 7.11 Å². The van der Waals surface area contributed by atoms with Crippen LogP contribution in [0.4, 0.5) is 0 Å². The number of nitrogens with zero attached hydrogens (tertiary/aromatic N) is 1. The Labute approximate surface area is 155 Å². The zero-order chi connectivity index (χ0) is 16.4. The van der Waals surface area contributed by atoms with E-state index in [2.05, 4.69) is 29.5 Å². The minimum atomic E-state index is -0.0257. The summed E-state index contributed by atoms with van der Waals surface area (Å²) in [6.07, 6.45) is 0. The van der Waals surface area contributed by atoms with Gasteiger partial charge in [-0.2, -0.15) is 0 Å². The highest BCUT2D eigenvalue weighted by Crippen LogP contribution is 2.28. The van der Waals surface area contributed by atoms with Crippen LogP contribution in [0.5, 0.6) is 11.5 Å². The van der Waals surface area contributed by atoms with Crippen LogP contribution < -0.4 is 20.1 Å². The normalized spacial score (nSPS) is 11.0. The van der Waals surface area contributed by atoms with Gasteiger partial charge in [0.05, 0.1) is 20.3 Å². The molecule has 1 rings (SSSR count). The second-order valence-electron chi connectivity index (χ2n) is 5.05. The molecule has 0 radical (unpaired) electrons. The first-order valence-corrected chi connectivity index (χ1v) is 7.56. The molecule has 0 amide bonds. The lowest BCUT2D eigenvalue weighted by Crippen LogP contribution is -2.40. The Morgan fingerprint density at radius 2 is 2.04 bits per heavy atom. The number of aliphatic hydroxyl groups excluding tert-OH is 1. The number of guanidine groups is 1. The summed E-state index contributed by atoms with van der Waals surface area (Å²) in [5.74, 6) is 2.05. The highest BCUT2D eigenvalue weighted by molar-refractivity contribution is 14.0. The van der Waals surface area contributed by atoms with Gasteiger partial charge in [0.1, 0.15) is 6.61 Å². The van der Waals surface area contributed by atoms with E-state index in [1.165, 1.54) is 0 Å². The summed E-state index contributed by atoms with van der Waals surface area (Å²) < 4.78 is 10.7. The van der Waals surface area contributed by atoms with E-state index in [0.717, 1.165) is 18.1 Å². The van der Waals surface area contributed by atoms with E-state index >= 15 is 0 Å². The fourth-order valence-electron chi connectivity index (χ4n) is 1.85. The lowest BCUT2D eigenvalue weighted by atomic mass is 10.2. The summed E-state index contributed by atoms with van der Waals surface area (Å²) in [5, 5.41) is 15.3. The summed E-state index contributed by atoms with van der Waals surface area (Å²) >= 11 is 0. The zero-order valence-corrected chi connectivity index (χ0v) is 16.6. The molecule has 0 aliphatic rings. The van der Waals surface area contributed by atoms with E-state index in [1.807, 2.05) is 25.1 Å². The zero-order valence-electron chi connectivity index (χ0n) is 14.3. The molecule has 1 aromatic rings. The highest BCUT2D eigenvalue weighted by Gasteiger charge is 2.06. The smallest absolute Gasteiger partial charge is 0.191 e. The predicted octanol–water partition coefficient (Wildman–Crippen LogP) is 2.15. The van der Waals surface area contributed by atoms with Crippen LogP contribution in [0.1, 0.15) is 26.3 Å². The van der Waals surface area contributed by atoms with E-state index in [9.17, 15) is 0 Å². The molecule has 23 heavy (non-hydrogen) atoms. The van der Waals surface area contributed by atoms with Crippen molar-refractivity contribution in [3.05, 3.63) is 23.8 Å². The van der Waals surface area contributed by atoms with Gasteiger partial charge in [-0.25, -0.2) is 4.99 Å². The van der Waals surface area contributed by atoms with Gasteiger partial charge in [-0.3, -0.25) is 0 Å². The second kappa shape index (κ2) is 12.2. The van der Waals surface area contributed by atoms with Crippen LogP contribution in [0.3, 0.4) is 0 Å². The van der Waals surface area contributed by atoms with E-state index < -0.39 is 0 Å². The van der Waals surface area contributed by atoms with Crippen LogP contribution in [-0.4, -0.2) is 44.0 Å². The summed E-state index contributed by atoms with van der Waals surface area (Å²) in [6, 6.07) is 6.00. The molecule has 1 aromatic carbocycles. The van der Waals surface area contributed by atoms with Gasteiger partial charge in [-0.15, -0.1) is 24.0 Å². The topological polar surface area (TPSA) is 75.1 Å². The number of benzene rings is 1. The number of aliphatic hydroxyl groups is 1. The van der Waals surface area contributed by atoms with Crippen molar-refractivity contribution in [3.63, 3.8) is 0 Å². The van der Waals surface area contributed by atoms with Crippen molar-refractivity contribution in [2.24, 2.45) is 4.99 Å². The van der Waals surface area contributed by atoms with Gasteiger partial charge in [0.15, 0.2) is 17.5 Å². The Balaban J connectivity index is 0.00000484. The van der Waals surface area contributed by atoms with Crippen LogP contribution in [0.25, 0.3) is 0 Å². The van der Waals surface area contributed by atoms with Crippen LogP contribution in [0.15, 0.2) is 23.2 Å². The van der Waals surface area contributed by atoms with Crippen LogP contribution >= 0.6 is 24.0 Å². The third kappa shape index (κ3) is 8.26. The predicted molar refractivity (Wildman–Crippen MR) is 104 cm³/mol. The molecule has 0 heterocycles. The first-order valence-electron chi connectivity index (χ1n) is 7.56. The van der Waals surface area contributed by atoms with Gasteiger partial charge >= 0.3 is 0 Å². The summed E-state index contributed by atoms with van der Waals surface area (Å²) in [5.41, 5.74) is 1.02. The van der Waals surface area contributed by atoms with E-state index in [4.69, 9.17) is 14.6 Å². The molecule has 0 saturated carbocycles. The molecular formula is C16H28IN3O3. The summed E-state index contributed by atoms with van der Waals surface area (Å²) in [6.45, 7) is 7.76. The third-order valence-corrected chi connectivity index (χ3v) is 2.77. The molecule has 3 N–H and O–H groups in total. The Kier molecular flexibility index (Phi) is 11.6. The maximum absolute atomic E-state index is 8.82. The van der Waals surface area contributed by atoms with Crippen molar-refractivity contribution in [1.29, 1.82) is 0 Å². The number of methoxy groups -OCH3 is 1. The molecule has 0 aliphatic heterocycles. The van der Waals surface area contributed by atoms with E-state index in [-0.39, 0.29) is 37.2 Å². The molecule has 0 atom stereocenters. The molecule has 0 aliphatic carbocycles. The van der Waals surface area contributed by atoms with Crippen LogP contribution in [0.2, 0.25) is 0 Å². The molecule has 0 fully saturated rings. The van der Waals surface area contributed by atoms with Gasteiger partial charge in [0.2, 0.25) is 0 Å². The highest BCUT2D eigenvalue weighted by atomic mass is 127.